The average Bonchev–Trinajstić information content (AvgIpc) is 3.08. The molecule has 3 rings (SSSR count). The van der Waals surface area contributed by atoms with Crippen molar-refractivity contribution < 1.29 is 14.3 Å². The topological polar surface area (TPSA) is 72.6 Å². The third-order valence-corrected chi connectivity index (χ3v) is 4.75. The average molecular weight is 288 g/mol. The van der Waals surface area contributed by atoms with E-state index in [4.69, 9.17) is 5.73 Å². The molecule has 0 bridgehead atoms. The van der Waals surface area contributed by atoms with E-state index in [1.807, 2.05) is 4.90 Å². The number of carbonyl (C=O) groups is 2. The molecule has 0 aromatic heterocycles. The number of hydrogen-bond acceptors (Lipinski definition) is 4. The SMILES string of the molecule is COC(=O)c1ccc(C(=O)N2C[C@@H]3CC[C@@H](N)[C@H]3C2)cc1. The number of hydrogen-bond donors (Lipinski definition) is 1. The highest BCUT2D eigenvalue weighted by molar-refractivity contribution is 5.96. The lowest BCUT2D eigenvalue weighted by atomic mass is 9.98. The molecular formula is C16H20N2O3. The quantitative estimate of drug-likeness (QED) is 0.832. The number of fused-ring (bicyclic) bond motifs is 1. The van der Waals surface area contributed by atoms with Crippen LogP contribution in [-0.2, 0) is 4.74 Å². The molecule has 1 saturated heterocycles. The smallest absolute Gasteiger partial charge is 0.337 e. The van der Waals surface area contributed by atoms with Crippen molar-refractivity contribution in [3.8, 4) is 0 Å². The monoisotopic (exact) mass is 288 g/mol. The van der Waals surface area contributed by atoms with E-state index in [-0.39, 0.29) is 11.9 Å². The highest BCUT2D eigenvalue weighted by atomic mass is 16.5. The molecule has 1 aliphatic heterocycles. The van der Waals surface area contributed by atoms with E-state index in [1.165, 1.54) is 7.11 Å². The normalized spacial score (nSPS) is 27.5. The van der Waals surface area contributed by atoms with Gasteiger partial charge >= 0.3 is 5.97 Å². The summed E-state index contributed by atoms with van der Waals surface area (Å²) in [6.45, 7) is 1.55. The molecule has 1 aliphatic carbocycles. The van der Waals surface area contributed by atoms with Crippen LogP contribution in [0.25, 0.3) is 0 Å². The molecule has 1 aromatic carbocycles. The summed E-state index contributed by atoms with van der Waals surface area (Å²) in [6.07, 6.45) is 2.20. The van der Waals surface area contributed by atoms with Crippen LogP contribution >= 0.6 is 0 Å². The zero-order chi connectivity index (χ0) is 15.0. The minimum atomic E-state index is -0.393. The maximum atomic E-state index is 12.5. The molecule has 1 amide bonds. The summed E-state index contributed by atoms with van der Waals surface area (Å²) >= 11 is 0. The summed E-state index contributed by atoms with van der Waals surface area (Å²) in [6, 6.07) is 6.85. The summed E-state index contributed by atoms with van der Waals surface area (Å²) < 4.78 is 4.65. The number of carbonyl (C=O) groups excluding carboxylic acids is 2. The van der Waals surface area contributed by atoms with Gasteiger partial charge in [-0.2, -0.15) is 0 Å². The lowest BCUT2D eigenvalue weighted by molar-refractivity contribution is 0.0600. The van der Waals surface area contributed by atoms with Gasteiger partial charge in [0.2, 0.25) is 0 Å². The fraction of sp³-hybridized carbons (Fsp3) is 0.500. The van der Waals surface area contributed by atoms with Crippen LogP contribution in [0.1, 0.15) is 33.6 Å². The van der Waals surface area contributed by atoms with Gasteiger partial charge in [-0.3, -0.25) is 4.79 Å². The second-order valence-corrected chi connectivity index (χ2v) is 5.94. The first-order valence-corrected chi connectivity index (χ1v) is 7.33. The maximum Gasteiger partial charge on any atom is 0.337 e. The Morgan fingerprint density at radius 2 is 1.81 bits per heavy atom. The van der Waals surface area contributed by atoms with Crippen LogP contribution in [0.15, 0.2) is 24.3 Å². The van der Waals surface area contributed by atoms with Gasteiger partial charge in [-0.1, -0.05) is 0 Å². The van der Waals surface area contributed by atoms with Gasteiger partial charge < -0.3 is 15.4 Å². The number of esters is 1. The van der Waals surface area contributed by atoms with Crippen molar-refractivity contribution >= 4 is 11.9 Å². The number of ether oxygens (including phenoxy) is 1. The molecule has 5 nitrogen and oxygen atoms in total. The standard InChI is InChI=1S/C16H20N2O3/c1-21-16(20)11-4-2-10(3-5-11)15(19)18-8-12-6-7-14(17)13(12)9-18/h2-5,12-14H,6-9,17H2,1H3/t12-,13-,14+/m0/s1. The van der Waals surface area contributed by atoms with Crippen LogP contribution in [0.5, 0.6) is 0 Å². The van der Waals surface area contributed by atoms with Crippen LogP contribution in [0.2, 0.25) is 0 Å². The van der Waals surface area contributed by atoms with Crippen molar-refractivity contribution in [1.29, 1.82) is 0 Å². The zero-order valence-corrected chi connectivity index (χ0v) is 12.1. The summed E-state index contributed by atoms with van der Waals surface area (Å²) in [5.74, 6) is 0.630. The van der Waals surface area contributed by atoms with Gasteiger partial charge in [-0.15, -0.1) is 0 Å². The number of methoxy groups -OCH3 is 1. The Bertz CT molecular complexity index is 555. The molecule has 2 N–H and O–H groups in total. The summed E-state index contributed by atoms with van der Waals surface area (Å²) in [5.41, 5.74) is 7.16. The lowest BCUT2D eigenvalue weighted by Crippen LogP contribution is -2.33. The van der Waals surface area contributed by atoms with E-state index in [2.05, 4.69) is 4.74 Å². The second-order valence-electron chi connectivity index (χ2n) is 5.94. The van der Waals surface area contributed by atoms with Crippen LogP contribution in [0.4, 0.5) is 0 Å². The number of amides is 1. The highest BCUT2D eigenvalue weighted by Gasteiger charge is 2.42. The van der Waals surface area contributed by atoms with Crippen molar-refractivity contribution in [1.82, 2.24) is 4.90 Å². The Morgan fingerprint density at radius 1 is 1.14 bits per heavy atom. The first kappa shape index (κ1) is 14.1. The third kappa shape index (κ3) is 2.53. The molecule has 112 valence electrons. The van der Waals surface area contributed by atoms with E-state index in [1.54, 1.807) is 24.3 Å². The molecule has 2 aliphatic rings. The van der Waals surface area contributed by atoms with E-state index in [0.717, 1.165) is 25.9 Å². The Kier molecular flexibility index (Phi) is 3.68. The van der Waals surface area contributed by atoms with Crippen LogP contribution in [-0.4, -0.2) is 43.0 Å². The highest BCUT2D eigenvalue weighted by Crippen LogP contribution is 2.37. The van der Waals surface area contributed by atoms with E-state index >= 15 is 0 Å². The van der Waals surface area contributed by atoms with Gasteiger partial charge in [0.1, 0.15) is 0 Å². The fourth-order valence-electron chi connectivity index (χ4n) is 3.52. The predicted molar refractivity (Wildman–Crippen MR) is 77.9 cm³/mol. The number of benzene rings is 1. The Labute approximate surface area is 124 Å². The molecule has 1 aromatic rings. The van der Waals surface area contributed by atoms with Crippen molar-refractivity contribution in [3.63, 3.8) is 0 Å². The van der Waals surface area contributed by atoms with Crippen LogP contribution < -0.4 is 5.73 Å². The lowest BCUT2D eigenvalue weighted by Gasteiger charge is -2.19. The zero-order valence-electron chi connectivity index (χ0n) is 12.1. The molecule has 21 heavy (non-hydrogen) atoms. The molecule has 5 heteroatoms. The first-order chi connectivity index (χ1) is 10.1. The fourth-order valence-corrected chi connectivity index (χ4v) is 3.52. The molecule has 3 atom stereocenters. The van der Waals surface area contributed by atoms with Crippen molar-refractivity contribution in [2.24, 2.45) is 17.6 Å². The van der Waals surface area contributed by atoms with Crippen LogP contribution in [0, 0.1) is 11.8 Å². The van der Waals surface area contributed by atoms with Crippen LogP contribution in [0.3, 0.4) is 0 Å². The van der Waals surface area contributed by atoms with Gasteiger partial charge in [-0.05, 0) is 48.9 Å². The van der Waals surface area contributed by atoms with Crippen molar-refractivity contribution in [2.75, 3.05) is 20.2 Å². The second kappa shape index (κ2) is 5.48. The molecule has 1 saturated carbocycles. The minimum absolute atomic E-state index is 0.0213. The maximum absolute atomic E-state index is 12.5. The van der Waals surface area contributed by atoms with E-state index in [9.17, 15) is 9.59 Å². The Hall–Kier alpha value is -1.88. The molecule has 2 fully saturated rings. The van der Waals surface area contributed by atoms with E-state index < -0.39 is 5.97 Å². The van der Waals surface area contributed by atoms with E-state index in [0.29, 0.717) is 23.0 Å². The summed E-state index contributed by atoms with van der Waals surface area (Å²) in [7, 11) is 1.34. The molecule has 0 radical (unpaired) electrons. The molecule has 0 unspecified atom stereocenters. The number of likely N-dealkylation sites (tertiary alicyclic amines) is 1. The predicted octanol–water partition coefficient (Wildman–Crippen LogP) is 1.28. The Balaban J connectivity index is 1.70. The van der Waals surface area contributed by atoms with Crippen molar-refractivity contribution in [2.45, 2.75) is 18.9 Å². The third-order valence-electron chi connectivity index (χ3n) is 4.75. The summed E-state index contributed by atoms with van der Waals surface area (Å²) in [4.78, 5) is 25.8. The summed E-state index contributed by atoms with van der Waals surface area (Å²) in [5, 5.41) is 0. The number of nitrogens with two attached hydrogens (primary N) is 1. The van der Waals surface area contributed by atoms with Gasteiger partial charge in [0.05, 0.1) is 12.7 Å². The Morgan fingerprint density at radius 3 is 2.43 bits per heavy atom. The minimum Gasteiger partial charge on any atom is -0.465 e. The van der Waals surface area contributed by atoms with Gasteiger partial charge in [-0.25, -0.2) is 4.79 Å². The van der Waals surface area contributed by atoms with Gasteiger partial charge in [0, 0.05) is 24.7 Å². The number of nitrogens with zero attached hydrogens (tertiary/aromatic N) is 1. The molecular weight excluding hydrogens is 268 g/mol. The first-order valence-electron chi connectivity index (χ1n) is 7.33. The van der Waals surface area contributed by atoms with Gasteiger partial charge in [0.15, 0.2) is 0 Å². The molecule has 1 heterocycles. The van der Waals surface area contributed by atoms with Gasteiger partial charge in [0.25, 0.3) is 5.91 Å². The largest absolute Gasteiger partial charge is 0.465 e. The molecule has 0 spiro atoms. The number of rotatable bonds is 2. The van der Waals surface area contributed by atoms with Crippen molar-refractivity contribution in [3.05, 3.63) is 35.4 Å².